The van der Waals surface area contributed by atoms with E-state index in [1.807, 2.05) is 44.2 Å². The summed E-state index contributed by atoms with van der Waals surface area (Å²) in [5, 5.41) is 8.56. The maximum Gasteiger partial charge on any atom is 0.573 e. The summed E-state index contributed by atoms with van der Waals surface area (Å²) >= 11 is 6.89. The van der Waals surface area contributed by atoms with Gasteiger partial charge in [0.25, 0.3) is 0 Å². The Bertz CT molecular complexity index is 1820. The van der Waals surface area contributed by atoms with Gasteiger partial charge in [-0.3, -0.25) is 9.69 Å². The van der Waals surface area contributed by atoms with E-state index in [9.17, 15) is 18.0 Å². The van der Waals surface area contributed by atoms with Crippen LogP contribution in [0, 0.1) is 6.92 Å². The molecule has 244 valence electrons. The van der Waals surface area contributed by atoms with Gasteiger partial charge in [0.05, 0.1) is 17.1 Å². The summed E-state index contributed by atoms with van der Waals surface area (Å²) < 4.78 is 42.7. The molecule has 47 heavy (non-hydrogen) atoms. The number of nitrogens with one attached hydrogen (secondary N) is 1. The van der Waals surface area contributed by atoms with E-state index in [1.54, 1.807) is 4.90 Å². The Balaban J connectivity index is 1.16. The zero-order chi connectivity index (χ0) is 33.7. The van der Waals surface area contributed by atoms with Crippen LogP contribution in [0.2, 0.25) is 0 Å². The summed E-state index contributed by atoms with van der Waals surface area (Å²) in [6, 6.07) is 19.3. The van der Waals surface area contributed by atoms with E-state index in [0.29, 0.717) is 40.5 Å². The molecule has 0 aliphatic carbocycles. The second-order valence-corrected chi connectivity index (χ2v) is 12.5. The number of hydrogen-bond donors (Lipinski definition) is 1. The Kier molecular flexibility index (Phi) is 10.5. The first-order chi connectivity index (χ1) is 22.4. The molecule has 1 aromatic heterocycles. The Morgan fingerprint density at radius 1 is 1.13 bits per heavy atom. The van der Waals surface area contributed by atoms with Crippen LogP contribution in [0.1, 0.15) is 49.8 Å². The third kappa shape index (κ3) is 8.66. The number of aromatic nitrogens is 3. The van der Waals surface area contributed by atoms with Gasteiger partial charge in [0, 0.05) is 12.1 Å². The first-order valence-corrected chi connectivity index (χ1v) is 16.3. The fourth-order valence-electron chi connectivity index (χ4n) is 4.93. The number of benzene rings is 3. The van der Waals surface area contributed by atoms with Crippen molar-refractivity contribution in [3.63, 3.8) is 0 Å². The molecule has 4 aromatic rings. The van der Waals surface area contributed by atoms with Crippen molar-refractivity contribution in [2.24, 2.45) is 4.99 Å². The van der Waals surface area contributed by atoms with Gasteiger partial charge >= 0.3 is 6.36 Å². The van der Waals surface area contributed by atoms with E-state index >= 15 is 0 Å². The quantitative estimate of drug-likeness (QED) is 0.142. The summed E-state index contributed by atoms with van der Waals surface area (Å²) in [7, 11) is 0. The van der Waals surface area contributed by atoms with Crippen molar-refractivity contribution in [2.75, 3.05) is 17.2 Å². The topological polar surface area (TPSA) is 84.6 Å². The van der Waals surface area contributed by atoms with Crippen LogP contribution in [0.3, 0.4) is 0 Å². The lowest BCUT2D eigenvalue weighted by Crippen LogP contribution is -2.32. The van der Waals surface area contributed by atoms with Crippen molar-refractivity contribution in [2.45, 2.75) is 46.4 Å². The Labute approximate surface area is 280 Å². The number of alkyl halides is 3. The highest BCUT2D eigenvalue weighted by molar-refractivity contribution is 8.15. The van der Waals surface area contributed by atoms with Gasteiger partial charge in [-0.05, 0) is 91.0 Å². The minimum absolute atomic E-state index is 0.00842. The van der Waals surface area contributed by atoms with E-state index in [2.05, 4.69) is 57.2 Å². The summed E-state index contributed by atoms with van der Waals surface area (Å²) in [6.45, 7) is 8.83. The van der Waals surface area contributed by atoms with E-state index in [4.69, 9.17) is 12.2 Å². The Morgan fingerprint density at radius 2 is 1.85 bits per heavy atom. The molecule has 8 nitrogen and oxygen atoms in total. The maximum absolute atomic E-state index is 12.8. The van der Waals surface area contributed by atoms with Crippen molar-refractivity contribution in [3.8, 4) is 22.8 Å². The van der Waals surface area contributed by atoms with Crippen LogP contribution >= 0.6 is 24.0 Å². The van der Waals surface area contributed by atoms with Crippen LogP contribution in [-0.2, 0) is 4.79 Å². The van der Waals surface area contributed by atoms with Crippen molar-refractivity contribution in [1.82, 2.24) is 20.1 Å². The number of thioether (sulfide) groups is 1. The van der Waals surface area contributed by atoms with E-state index in [-0.39, 0.29) is 17.6 Å². The molecule has 13 heteroatoms. The SMILES string of the molecule is C/C(=C/CCNC(=S)N=C1SCC(=O)N1c1cc(C)ccc1C(C)C)c1ccc(-c2ncn(-c3ccc(OC(F)(F)F)cc3)n2)cc1. The predicted octanol–water partition coefficient (Wildman–Crippen LogP) is 8.07. The van der Waals surface area contributed by atoms with Gasteiger partial charge < -0.3 is 10.1 Å². The van der Waals surface area contributed by atoms with Crippen LogP contribution in [0.25, 0.3) is 22.6 Å². The molecule has 1 fully saturated rings. The van der Waals surface area contributed by atoms with Crippen molar-refractivity contribution < 1.29 is 22.7 Å². The average Bonchev–Trinajstić information content (AvgIpc) is 3.66. The lowest BCUT2D eigenvalue weighted by molar-refractivity contribution is -0.274. The number of amidine groups is 1. The molecule has 2 heterocycles. The first kappa shape index (κ1) is 33.9. The van der Waals surface area contributed by atoms with Gasteiger partial charge in [-0.15, -0.1) is 18.3 Å². The van der Waals surface area contributed by atoms with Crippen LogP contribution < -0.4 is 15.0 Å². The van der Waals surface area contributed by atoms with Gasteiger partial charge in [0.2, 0.25) is 5.91 Å². The van der Waals surface area contributed by atoms with Crippen molar-refractivity contribution >= 4 is 51.4 Å². The summed E-state index contributed by atoms with van der Waals surface area (Å²) in [5.74, 6) is 0.743. The summed E-state index contributed by atoms with van der Waals surface area (Å²) in [5.41, 5.74) is 6.48. The fourth-order valence-corrected chi connectivity index (χ4v) is 6.04. The molecule has 0 unspecified atom stereocenters. The van der Waals surface area contributed by atoms with Gasteiger partial charge in [-0.25, -0.2) is 9.67 Å². The number of ether oxygens (including phenoxy) is 1. The zero-order valence-corrected chi connectivity index (χ0v) is 27.8. The Morgan fingerprint density at radius 3 is 2.53 bits per heavy atom. The summed E-state index contributed by atoms with van der Waals surface area (Å²) in [4.78, 5) is 23.5. The zero-order valence-electron chi connectivity index (χ0n) is 26.2. The molecule has 5 rings (SSSR count). The predicted molar refractivity (Wildman–Crippen MR) is 185 cm³/mol. The van der Waals surface area contributed by atoms with Crippen molar-refractivity contribution in [3.05, 3.63) is 95.8 Å². The largest absolute Gasteiger partial charge is 0.573 e. The van der Waals surface area contributed by atoms with Crippen LogP contribution in [0.5, 0.6) is 5.75 Å². The highest BCUT2D eigenvalue weighted by Gasteiger charge is 2.32. The number of thiocarbonyl (C=S) groups is 1. The number of carbonyl (C=O) groups excluding carboxylic acids is 1. The van der Waals surface area contributed by atoms with Crippen LogP contribution in [0.4, 0.5) is 18.9 Å². The maximum atomic E-state index is 12.8. The fraction of sp³-hybridized carbons (Fsp3) is 0.265. The molecule has 0 spiro atoms. The third-order valence-electron chi connectivity index (χ3n) is 7.31. The molecule has 3 aromatic carbocycles. The number of amides is 1. The van der Waals surface area contributed by atoms with Crippen LogP contribution in [-0.4, -0.2) is 49.6 Å². The number of nitrogens with zero attached hydrogens (tertiary/aromatic N) is 5. The molecular weight excluding hydrogens is 646 g/mol. The van der Waals surface area contributed by atoms with E-state index < -0.39 is 6.36 Å². The number of anilines is 1. The number of rotatable bonds is 9. The monoisotopic (exact) mass is 678 g/mol. The van der Waals surface area contributed by atoms with E-state index in [1.165, 1.54) is 47.0 Å². The van der Waals surface area contributed by atoms with Gasteiger partial charge in [0.1, 0.15) is 12.1 Å². The van der Waals surface area contributed by atoms with Crippen LogP contribution in [0.15, 0.2) is 84.1 Å². The highest BCUT2D eigenvalue weighted by Crippen LogP contribution is 2.34. The summed E-state index contributed by atoms with van der Waals surface area (Å²) in [6.07, 6.45) is -0.424. The normalized spacial score (nSPS) is 14.7. The number of hydrogen-bond acceptors (Lipinski definition) is 6. The second kappa shape index (κ2) is 14.5. The molecule has 1 aliphatic heterocycles. The average molecular weight is 679 g/mol. The molecule has 0 atom stereocenters. The highest BCUT2D eigenvalue weighted by atomic mass is 32.2. The molecule has 1 amide bonds. The molecule has 1 aliphatic rings. The first-order valence-electron chi connectivity index (χ1n) is 14.9. The van der Waals surface area contributed by atoms with Gasteiger partial charge in [0.15, 0.2) is 16.1 Å². The number of aryl methyl sites for hydroxylation is 1. The number of allylic oxidation sites excluding steroid dienone is 1. The lowest BCUT2D eigenvalue weighted by Gasteiger charge is -2.22. The lowest BCUT2D eigenvalue weighted by atomic mass is 9.99. The number of halogens is 3. The molecular formula is C34H33F3N6O2S2. The second-order valence-electron chi connectivity index (χ2n) is 11.2. The molecule has 0 saturated carbocycles. The molecule has 1 N–H and O–H groups in total. The number of aliphatic imine (C=N–C) groups is 1. The number of carbonyl (C=O) groups is 1. The third-order valence-corrected chi connectivity index (χ3v) is 8.47. The van der Waals surface area contributed by atoms with Crippen molar-refractivity contribution in [1.29, 1.82) is 0 Å². The smallest absolute Gasteiger partial charge is 0.406 e. The minimum atomic E-state index is -4.75. The minimum Gasteiger partial charge on any atom is -0.406 e. The standard InChI is InChI=1S/C34H33F3N6O2S2/c1-21(2)28-16-7-22(3)18-29(28)43-30(44)19-47-33(43)40-32(46)38-17-5-6-23(4)24-8-10-25(11-9-24)31-39-20-42(41-31)26-12-14-27(15-13-26)45-34(35,36)37/h6-16,18,20-21H,5,17,19H2,1-4H3,(H,38,46)/b23-6-,40-33?. The Hall–Kier alpha value is -4.49. The molecule has 0 bridgehead atoms. The van der Waals surface area contributed by atoms with Gasteiger partial charge in [-0.1, -0.05) is 68.1 Å². The van der Waals surface area contributed by atoms with Gasteiger partial charge in [-0.2, -0.15) is 4.99 Å². The molecule has 0 radical (unpaired) electrons. The molecule has 1 saturated heterocycles. The van der Waals surface area contributed by atoms with E-state index in [0.717, 1.165) is 33.5 Å².